The van der Waals surface area contributed by atoms with Crippen LogP contribution in [0.3, 0.4) is 0 Å². The number of aromatic nitrogens is 3. The second-order valence-corrected chi connectivity index (χ2v) is 5.98. The summed E-state index contributed by atoms with van der Waals surface area (Å²) in [4.78, 5) is 23.7. The molecule has 0 saturated heterocycles. The lowest BCUT2D eigenvalue weighted by Gasteiger charge is -2.12. The summed E-state index contributed by atoms with van der Waals surface area (Å²) in [6.45, 7) is 0. The van der Waals surface area contributed by atoms with Crippen molar-refractivity contribution in [3.05, 3.63) is 38.9 Å². The van der Waals surface area contributed by atoms with Crippen molar-refractivity contribution >= 4 is 15.9 Å². The summed E-state index contributed by atoms with van der Waals surface area (Å²) in [6, 6.07) is 3.60. The Morgan fingerprint density at radius 3 is 2.71 bits per heavy atom. The molecule has 1 saturated carbocycles. The molecule has 1 aliphatic rings. The Bertz CT molecular complexity index is 691. The fourth-order valence-corrected chi connectivity index (χ4v) is 3.24. The number of aromatic amines is 1. The second kappa shape index (κ2) is 5.97. The first-order chi connectivity index (χ1) is 10.2. The summed E-state index contributed by atoms with van der Waals surface area (Å²) in [5, 5.41) is 0. The summed E-state index contributed by atoms with van der Waals surface area (Å²) in [7, 11) is 1.57. The molecule has 2 aromatic rings. The zero-order chi connectivity index (χ0) is 14.8. The lowest BCUT2D eigenvalue weighted by molar-refractivity contribution is 0.398. The average Bonchev–Trinajstić information content (AvgIpc) is 3.04. The van der Waals surface area contributed by atoms with Crippen LogP contribution in [0.25, 0.3) is 11.4 Å². The highest BCUT2D eigenvalue weighted by molar-refractivity contribution is 9.10. The van der Waals surface area contributed by atoms with E-state index in [1.54, 1.807) is 19.4 Å². The van der Waals surface area contributed by atoms with Gasteiger partial charge in [-0.1, -0.05) is 12.8 Å². The van der Waals surface area contributed by atoms with Gasteiger partial charge in [0.1, 0.15) is 10.3 Å². The summed E-state index contributed by atoms with van der Waals surface area (Å²) in [5.74, 6) is 1.46. The zero-order valence-electron chi connectivity index (χ0n) is 11.7. The Labute approximate surface area is 130 Å². The number of rotatable bonds is 3. The van der Waals surface area contributed by atoms with Crippen LogP contribution < -0.4 is 10.3 Å². The van der Waals surface area contributed by atoms with Crippen molar-refractivity contribution in [2.75, 3.05) is 7.11 Å². The van der Waals surface area contributed by atoms with Gasteiger partial charge in [-0.15, -0.1) is 0 Å². The van der Waals surface area contributed by atoms with E-state index < -0.39 is 0 Å². The Kier molecular flexibility index (Phi) is 4.05. The lowest BCUT2D eigenvalue weighted by atomic mass is 10.0. The highest BCUT2D eigenvalue weighted by Gasteiger charge is 2.23. The van der Waals surface area contributed by atoms with Crippen molar-refractivity contribution in [2.24, 2.45) is 0 Å². The molecule has 0 aromatic carbocycles. The third-order valence-corrected chi connectivity index (χ3v) is 4.62. The molecule has 0 atom stereocenters. The molecular weight excluding hydrogens is 334 g/mol. The lowest BCUT2D eigenvalue weighted by Crippen LogP contribution is -2.15. The molecule has 0 unspecified atom stereocenters. The molecule has 0 bridgehead atoms. The van der Waals surface area contributed by atoms with Crippen LogP contribution in [0.2, 0.25) is 0 Å². The van der Waals surface area contributed by atoms with Gasteiger partial charge < -0.3 is 9.72 Å². The first-order valence-electron chi connectivity index (χ1n) is 6.99. The van der Waals surface area contributed by atoms with Gasteiger partial charge in [-0.25, -0.2) is 9.97 Å². The first-order valence-corrected chi connectivity index (χ1v) is 7.78. The van der Waals surface area contributed by atoms with E-state index in [2.05, 4.69) is 30.9 Å². The largest absolute Gasteiger partial charge is 0.481 e. The molecule has 0 radical (unpaired) electrons. The molecule has 21 heavy (non-hydrogen) atoms. The smallest absolute Gasteiger partial charge is 0.265 e. The maximum atomic E-state index is 12.1. The average molecular weight is 350 g/mol. The van der Waals surface area contributed by atoms with Crippen molar-refractivity contribution in [3.8, 4) is 17.3 Å². The number of H-pyrrole nitrogens is 1. The maximum absolute atomic E-state index is 12.1. The summed E-state index contributed by atoms with van der Waals surface area (Å²) < 4.78 is 5.60. The van der Waals surface area contributed by atoms with Crippen molar-refractivity contribution in [1.29, 1.82) is 0 Å². The molecule has 1 fully saturated rings. The van der Waals surface area contributed by atoms with E-state index in [1.165, 1.54) is 12.8 Å². The molecular formula is C15H16BrN3O2. The summed E-state index contributed by atoms with van der Waals surface area (Å²) in [6.07, 6.45) is 6.24. The molecule has 1 N–H and O–H groups in total. The topological polar surface area (TPSA) is 67.9 Å². The van der Waals surface area contributed by atoms with E-state index in [0.717, 1.165) is 24.1 Å². The number of hydrogen-bond acceptors (Lipinski definition) is 4. The van der Waals surface area contributed by atoms with Crippen LogP contribution in [0.1, 0.15) is 37.3 Å². The third kappa shape index (κ3) is 2.85. The van der Waals surface area contributed by atoms with Crippen LogP contribution in [0.5, 0.6) is 5.88 Å². The molecule has 6 heteroatoms. The van der Waals surface area contributed by atoms with Crippen LogP contribution >= 0.6 is 15.9 Å². The highest BCUT2D eigenvalue weighted by atomic mass is 79.9. The number of nitrogens with zero attached hydrogens (tertiary/aromatic N) is 2. The highest BCUT2D eigenvalue weighted by Crippen LogP contribution is 2.35. The van der Waals surface area contributed by atoms with E-state index in [4.69, 9.17) is 4.74 Å². The number of hydrogen-bond donors (Lipinski definition) is 1. The second-order valence-electron chi connectivity index (χ2n) is 5.18. The van der Waals surface area contributed by atoms with Gasteiger partial charge in [0.05, 0.1) is 12.8 Å². The van der Waals surface area contributed by atoms with Crippen molar-refractivity contribution in [3.63, 3.8) is 0 Å². The van der Waals surface area contributed by atoms with Gasteiger partial charge in [-0.3, -0.25) is 4.79 Å². The van der Waals surface area contributed by atoms with Gasteiger partial charge in [0.15, 0.2) is 0 Å². The summed E-state index contributed by atoms with van der Waals surface area (Å²) in [5.41, 5.74) is 1.50. The van der Waals surface area contributed by atoms with E-state index in [1.807, 2.05) is 6.07 Å². The maximum Gasteiger partial charge on any atom is 0.265 e. The fourth-order valence-electron chi connectivity index (χ4n) is 2.72. The molecule has 1 aliphatic carbocycles. The van der Waals surface area contributed by atoms with Crippen LogP contribution in [0.4, 0.5) is 0 Å². The molecule has 2 aromatic heterocycles. The van der Waals surface area contributed by atoms with Gasteiger partial charge in [0, 0.05) is 23.7 Å². The minimum atomic E-state index is -0.141. The molecule has 0 amide bonds. The number of halogens is 1. The standard InChI is InChI=1S/C15H16BrN3O2/c1-21-11-7-6-10(8-17-11)14-18-13(9-4-2-3-5-9)12(16)15(20)19-14/h6-9H,2-5H2,1H3,(H,18,19,20). The van der Waals surface area contributed by atoms with E-state index in [0.29, 0.717) is 22.1 Å². The van der Waals surface area contributed by atoms with Gasteiger partial charge in [-0.05, 0) is 34.8 Å². The number of pyridine rings is 1. The Morgan fingerprint density at radius 1 is 1.33 bits per heavy atom. The van der Waals surface area contributed by atoms with Crippen molar-refractivity contribution in [2.45, 2.75) is 31.6 Å². The first kappa shape index (κ1) is 14.3. The van der Waals surface area contributed by atoms with E-state index >= 15 is 0 Å². The fraction of sp³-hybridized carbons (Fsp3) is 0.400. The Balaban J connectivity index is 2.03. The predicted molar refractivity (Wildman–Crippen MR) is 83.5 cm³/mol. The molecule has 5 nitrogen and oxygen atoms in total. The Morgan fingerprint density at radius 2 is 2.10 bits per heavy atom. The molecule has 0 aliphatic heterocycles. The predicted octanol–water partition coefficient (Wildman–Crippen LogP) is 3.26. The van der Waals surface area contributed by atoms with Gasteiger partial charge in [-0.2, -0.15) is 0 Å². The molecule has 0 spiro atoms. The van der Waals surface area contributed by atoms with Gasteiger partial charge >= 0.3 is 0 Å². The molecule has 3 rings (SSSR count). The van der Waals surface area contributed by atoms with Crippen molar-refractivity contribution < 1.29 is 4.74 Å². The van der Waals surface area contributed by atoms with Crippen LogP contribution in [-0.2, 0) is 0 Å². The SMILES string of the molecule is COc1ccc(-c2nc(C3CCCC3)c(Br)c(=O)[nH]2)cn1. The minimum Gasteiger partial charge on any atom is -0.481 e. The van der Waals surface area contributed by atoms with Crippen molar-refractivity contribution in [1.82, 2.24) is 15.0 Å². The minimum absolute atomic E-state index is 0.141. The van der Waals surface area contributed by atoms with Crippen LogP contribution in [0.15, 0.2) is 27.6 Å². The van der Waals surface area contributed by atoms with Crippen LogP contribution in [0, 0.1) is 0 Å². The third-order valence-electron chi connectivity index (χ3n) is 3.85. The van der Waals surface area contributed by atoms with E-state index in [-0.39, 0.29) is 5.56 Å². The zero-order valence-corrected chi connectivity index (χ0v) is 13.3. The number of nitrogens with one attached hydrogen (secondary N) is 1. The normalized spacial score (nSPS) is 15.3. The molecule has 2 heterocycles. The monoisotopic (exact) mass is 349 g/mol. The van der Waals surface area contributed by atoms with Crippen LogP contribution in [-0.4, -0.2) is 22.1 Å². The van der Waals surface area contributed by atoms with Gasteiger partial charge in [0.25, 0.3) is 5.56 Å². The number of methoxy groups -OCH3 is 1. The molecule has 110 valence electrons. The number of ether oxygens (including phenoxy) is 1. The van der Waals surface area contributed by atoms with E-state index in [9.17, 15) is 4.79 Å². The quantitative estimate of drug-likeness (QED) is 0.923. The Hall–Kier alpha value is -1.69. The van der Waals surface area contributed by atoms with Gasteiger partial charge in [0.2, 0.25) is 5.88 Å². The summed E-state index contributed by atoms with van der Waals surface area (Å²) >= 11 is 3.38.